The van der Waals surface area contributed by atoms with Gasteiger partial charge in [0.25, 0.3) is 5.91 Å². The first-order valence-corrected chi connectivity index (χ1v) is 11.0. The van der Waals surface area contributed by atoms with Crippen LogP contribution in [-0.4, -0.2) is 40.5 Å². The van der Waals surface area contributed by atoms with Crippen LogP contribution in [0.4, 0.5) is 0 Å². The van der Waals surface area contributed by atoms with Crippen molar-refractivity contribution in [2.45, 2.75) is 19.6 Å². The van der Waals surface area contributed by atoms with E-state index in [4.69, 9.17) is 23.7 Å². The summed E-state index contributed by atoms with van der Waals surface area (Å²) in [5.74, 6) is 2.06. The number of rotatable bonds is 12. The van der Waals surface area contributed by atoms with Crippen molar-refractivity contribution >= 4 is 5.91 Å². The van der Waals surface area contributed by atoms with E-state index < -0.39 is 0 Å². The minimum Gasteiger partial charge on any atom is -0.493 e. The maximum Gasteiger partial charge on any atom is 0.251 e. The molecular weight excluding hydrogens is 434 g/mol. The van der Waals surface area contributed by atoms with Crippen molar-refractivity contribution in [2.75, 3.05) is 34.5 Å². The van der Waals surface area contributed by atoms with Crippen LogP contribution in [0.1, 0.15) is 34.5 Å². The Morgan fingerprint density at radius 1 is 0.794 bits per heavy atom. The summed E-state index contributed by atoms with van der Waals surface area (Å²) in [6, 6.07) is 20.3. The molecule has 0 fully saturated rings. The molecule has 7 nitrogen and oxygen atoms in total. The minimum atomic E-state index is -0.255. The zero-order chi connectivity index (χ0) is 24.3. The molecule has 0 aliphatic carbocycles. The van der Waals surface area contributed by atoms with Gasteiger partial charge in [-0.25, -0.2) is 0 Å². The highest BCUT2D eigenvalue weighted by atomic mass is 16.5. The van der Waals surface area contributed by atoms with Gasteiger partial charge in [0, 0.05) is 12.7 Å². The summed E-state index contributed by atoms with van der Waals surface area (Å²) in [6.07, 6.45) is 0. The molecule has 7 heteroatoms. The summed E-state index contributed by atoms with van der Waals surface area (Å²) in [5, 5.41) is 3.01. The van der Waals surface area contributed by atoms with Gasteiger partial charge in [0.2, 0.25) is 0 Å². The van der Waals surface area contributed by atoms with E-state index in [2.05, 4.69) is 5.32 Å². The first kappa shape index (κ1) is 24.9. The zero-order valence-electron chi connectivity index (χ0n) is 20.0. The highest BCUT2D eigenvalue weighted by molar-refractivity contribution is 5.95. The van der Waals surface area contributed by atoms with Crippen LogP contribution in [0.15, 0.2) is 66.7 Å². The Kier molecular flexibility index (Phi) is 9.17. The Morgan fingerprint density at radius 3 is 2.18 bits per heavy atom. The fraction of sp³-hybridized carbons (Fsp3) is 0.296. The first-order valence-electron chi connectivity index (χ1n) is 11.0. The normalized spacial score (nSPS) is 11.4. The smallest absolute Gasteiger partial charge is 0.251 e. The molecule has 1 amide bonds. The maximum absolute atomic E-state index is 12.9. The van der Waals surface area contributed by atoms with Crippen molar-refractivity contribution in [3.63, 3.8) is 0 Å². The average molecular weight is 466 g/mol. The van der Waals surface area contributed by atoms with Gasteiger partial charge in [0.1, 0.15) is 13.2 Å². The third kappa shape index (κ3) is 6.65. The van der Waals surface area contributed by atoms with Crippen molar-refractivity contribution in [3.05, 3.63) is 83.4 Å². The Bertz CT molecular complexity index is 1070. The molecule has 3 aromatic rings. The number of hydrogen-bond donors (Lipinski definition) is 1. The number of amides is 1. The molecule has 0 saturated carbocycles. The number of ether oxygens (including phenoxy) is 5. The SMILES string of the molecule is COCCOc1ccc(C(C)NC(=O)c2ccc(OCc3ccccc3)c(OC)c2)cc1OC. The number of benzene rings is 3. The quantitative estimate of drug-likeness (QED) is 0.387. The fourth-order valence-corrected chi connectivity index (χ4v) is 3.33. The van der Waals surface area contributed by atoms with Gasteiger partial charge in [-0.3, -0.25) is 4.79 Å². The van der Waals surface area contributed by atoms with Gasteiger partial charge in [0.05, 0.1) is 26.9 Å². The zero-order valence-corrected chi connectivity index (χ0v) is 20.0. The molecule has 1 unspecified atom stereocenters. The first-order chi connectivity index (χ1) is 16.5. The number of methoxy groups -OCH3 is 3. The summed E-state index contributed by atoms with van der Waals surface area (Å²) in [7, 11) is 4.76. The van der Waals surface area contributed by atoms with E-state index in [1.807, 2.05) is 55.5 Å². The highest BCUT2D eigenvalue weighted by Gasteiger charge is 2.16. The van der Waals surface area contributed by atoms with Crippen LogP contribution in [-0.2, 0) is 11.3 Å². The summed E-state index contributed by atoms with van der Waals surface area (Å²) in [4.78, 5) is 12.9. The maximum atomic E-state index is 12.9. The van der Waals surface area contributed by atoms with E-state index in [0.717, 1.165) is 11.1 Å². The molecule has 180 valence electrons. The van der Waals surface area contributed by atoms with Gasteiger partial charge in [-0.1, -0.05) is 36.4 Å². The molecule has 34 heavy (non-hydrogen) atoms. The van der Waals surface area contributed by atoms with Crippen LogP contribution in [0.5, 0.6) is 23.0 Å². The van der Waals surface area contributed by atoms with Crippen LogP contribution in [0.2, 0.25) is 0 Å². The average Bonchev–Trinajstić information content (AvgIpc) is 2.88. The summed E-state index contributed by atoms with van der Waals surface area (Å²) < 4.78 is 27.5. The highest BCUT2D eigenvalue weighted by Crippen LogP contribution is 2.31. The van der Waals surface area contributed by atoms with Crippen LogP contribution in [0, 0.1) is 0 Å². The molecule has 3 aromatic carbocycles. The predicted molar refractivity (Wildman–Crippen MR) is 130 cm³/mol. The number of nitrogens with one attached hydrogen (secondary N) is 1. The van der Waals surface area contributed by atoms with E-state index >= 15 is 0 Å². The molecule has 0 saturated heterocycles. The van der Waals surface area contributed by atoms with Gasteiger partial charge in [-0.05, 0) is 48.4 Å². The number of carbonyl (C=O) groups is 1. The predicted octanol–water partition coefficient (Wildman–Crippen LogP) is 4.80. The molecule has 0 aliphatic rings. The van der Waals surface area contributed by atoms with Gasteiger partial charge >= 0.3 is 0 Å². The van der Waals surface area contributed by atoms with E-state index in [0.29, 0.717) is 48.4 Å². The van der Waals surface area contributed by atoms with E-state index in [9.17, 15) is 4.79 Å². The van der Waals surface area contributed by atoms with Crippen LogP contribution >= 0.6 is 0 Å². The second-order valence-corrected chi connectivity index (χ2v) is 7.59. The molecular formula is C27H31NO6. The van der Waals surface area contributed by atoms with E-state index in [-0.39, 0.29) is 11.9 Å². The second kappa shape index (κ2) is 12.5. The molecule has 0 aliphatic heterocycles. The molecule has 0 bridgehead atoms. The van der Waals surface area contributed by atoms with Gasteiger partial charge in [0.15, 0.2) is 23.0 Å². The Balaban J connectivity index is 1.66. The van der Waals surface area contributed by atoms with Crippen molar-refractivity contribution in [1.82, 2.24) is 5.32 Å². The molecule has 0 aromatic heterocycles. The fourth-order valence-electron chi connectivity index (χ4n) is 3.33. The minimum absolute atomic E-state index is 0.222. The lowest BCUT2D eigenvalue weighted by Gasteiger charge is -2.18. The lowest BCUT2D eigenvalue weighted by molar-refractivity contribution is 0.0939. The number of carbonyl (C=O) groups excluding carboxylic acids is 1. The van der Waals surface area contributed by atoms with Crippen LogP contribution in [0.25, 0.3) is 0 Å². The summed E-state index contributed by atoms with van der Waals surface area (Å²) >= 11 is 0. The number of hydrogen-bond acceptors (Lipinski definition) is 6. The topological polar surface area (TPSA) is 75.3 Å². The Hall–Kier alpha value is -3.71. The molecule has 0 radical (unpaired) electrons. The lowest BCUT2D eigenvalue weighted by Crippen LogP contribution is -2.26. The Morgan fingerprint density at radius 2 is 1.47 bits per heavy atom. The largest absolute Gasteiger partial charge is 0.493 e. The lowest BCUT2D eigenvalue weighted by atomic mass is 10.1. The molecule has 1 N–H and O–H groups in total. The van der Waals surface area contributed by atoms with Crippen LogP contribution < -0.4 is 24.3 Å². The van der Waals surface area contributed by atoms with Crippen LogP contribution in [0.3, 0.4) is 0 Å². The Labute approximate surface area is 200 Å². The third-order valence-corrected chi connectivity index (χ3v) is 5.24. The molecule has 3 rings (SSSR count). The molecule has 0 spiro atoms. The van der Waals surface area contributed by atoms with Gasteiger partial charge in [-0.2, -0.15) is 0 Å². The van der Waals surface area contributed by atoms with Crippen molar-refractivity contribution in [3.8, 4) is 23.0 Å². The summed E-state index contributed by atoms with van der Waals surface area (Å²) in [5.41, 5.74) is 2.41. The van der Waals surface area contributed by atoms with E-state index in [1.165, 1.54) is 0 Å². The molecule has 0 heterocycles. The van der Waals surface area contributed by atoms with E-state index in [1.54, 1.807) is 39.5 Å². The monoisotopic (exact) mass is 465 g/mol. The standard InChI is InChI=1S/C27H31NO6/c1-19(21-10-12-23(25(16-21)31-3)33-15-14-30-2)28-27(29)22-11-13-24(26(17-22)32-4)34-18-20-8-6-5-7-9-20/h5-13,16-17,19H,14-15,18H2,1-4H3,(H,28,29). The van der Waals surface area contributed by atoms with Crippen molar-refractivity contribution in [2.24, 2.45) is 0 Å². The van der Waals surface area contributed by atoms with Crippen molar-refractivity contribution < 1.29 is 28.5 Å². The second-order valence-electron chi connectivity index (χ2n) is 7.59. The third-order valence-electron chi connectivity index (χ3n) is 5.24. The van der Waals surface area contributed by atoms with Gasteiger partial charge in [-0.15, -0.1) is 0 Å². The van der Waals surface area contributed by atoms with Gasteiger partial charge < -0.3 is 29.0 Å². The van der Waals surface area contributed by atoms with Crippen molar-refractivity contribution in [1.29, 1.82) is 0 Å². The summed E-state index contributed by atoms with van der Waals surface area (Å²) in [6.45, 7) is 3.22. The molecule has 1 atom stereocenters.